The molecule has 0 heterocycles. The van der Waals surface area contributed by atoms with Crippen molar-refractivity contribution >= 4 is 20.1 Å². The van der Waals surface area contributed by atoms with Crippen LogP contribution in [0.4, 0.5) is 13.2 Å². The average Bonchev–Trinajstić information content (AvgIpc) is 2.97. The second-order valence-corrected chi connectivity index (χ2v) is 13.2. The van der Waals surface area contributed by atoms with Gasteiger partial charge in [0.1, 0.15) is 10.0 Å². The van der Waals surface area contributed by atoms with Crippen molar-refractivity contribution in [2.75, 3.05) is 0 Å². The number of nitrogens with one attached hydrogen (secondary N) is 1. The van der Waals surface area contributed by atoms with Gasteiger partial charge in [-0.25, -0.2) is 8.42 Å². The normalized spacial score (nSPS) is 12.6. The predicted molar refractivity (Wildman–Crippen MR) is 174 cm³/mol. The van der Waals surface area contributed by atoms with Gasteiger partial charge in [-0.3, -0.25) is 4.55 Å². The van der Waals surface area contributed by atoms with Crippen LogP contribution in [0.2, 0.25) is 0 Å². The Kier molecular flexibility index (Phi) is 17.8. The fraction of sp³-hybridized carbons (Fsp3) is 0.242. The molecule has 2 unspecified atom stereocenters. The summed E-state index contributed by atoms with van der Waals surface area (Å²) in [5, 5.41) is 0. The summed E-state index contributed by atoms with van der Waals surface area (Å²) in [4.78, 5) is 0.143. The molecular formula is C33H38F3N2O5RuS2. The van der Waals surface area contributed by atoms with Crippen molar-refractivity contribution in [2.24, 2.45) is 0 Å². The first-order chi connectivity index (χ1) is 20.4. The molecule has 4 aromatic carbocycles. The standard InChI is InChI=1S/C21H20N2O2S.C10H14.CHF3O3S.CH3.Ru/c1-16-12-14-19(15-13-16)26(24,25)23-21(18-10-6-3-7-11-18)20(22)17-8-4-2-5-9-17;1-8(2)10-6-4-9(3)5-7-10;2-1(3,4)8(5,6)7;;/h2-15,20-22H,1H3;4-8H,1-3H3;(H,5,6,7);1H3;/q-2;;;-1;+3. The number of hydrogen-bond acceptors (Lipinski definition) is 4. The first-order valence-corrected chi connectivity index (χ1v) is 16.3. The minimum absolute atomic E-state index is 0. The van der Waals surface area contributed by atoms with Crippen molar-refractivity contribution in [2.45, 2.75) is 56.1 Å². The Bertz CT molecular complexity index is 1650. The van der Waals surface area contributed by atoms with Gasteiger partial charge in [0.15, 0.2) is 0 Å². The van der Waals surface area contributed by atoms with Gasteiger partial charge in [-0.2, -0.15) is 21.6 Å². The van der Waals surface area contributed by atoms with Crippen LogP contribution in [0.3, 0.4) is 0 Å². The van der Waals surface area contributed by atoms with Crippen LogP contribution in [0, 0.1) is 21.3 Å². The Morgan fingerprint density at radius 2 is 1.04 bits per heavy atom. The molecule has 0 spiro atoms. The van der Waals surface area contributed by atoms with Crippen molar-refractivity contribution in [3.05, 3.63) is 155 Å². The fourth-order valence-corrected chi connectivity index (χ4v) is 4.82. The van der Waals surface area contributed by atoms with Crippen molar-refractivity contribution < 1.29 is 54.0 Å². The van der Waals surface area contributed by atoms with Crippen LogP contribution >= 0.6 is 0 Å². The molecule has 0 aliphatic rings. The average molecular weight is 765 g/mol. The Labute approximate surface area is 284 Å². The van der Waals surface area contributed by atoms with E-state index in [2.05, 4.69) is 49.8 Å². The van der Waals surface area contributed by atoms with Crippen LogP contribution in [0.15, 0.2) is 114 Å². The molecule has 0 fully saturated rings. The summed E-state index contributed by atoms with van der Waals surface area (Å²) in [6, 6.07) is 32.0. The summed E-state index contributed by atoms with van der Waals surface area (Å²) < 4.78 is 87.3. The van der Waals surface area contributed by atoms with E-state index in [9.17, 15) is 21.6 Å². The van der Waals surface area contributed by atoms with Gasteiger partial charge in [0.2, 0.25) is 0 Å². The molecule has 0 aliphatic carbocycles. The molecule has 7 nitrogen and oxygen atoms in total. The second-order valence-electron chi connectivity index (χ2n) is 10.1. The molecule has 0 saturated heterocycles. The zero-order valence-corrected chi connectivity index (χ0v) is 29.3. The summed E-state index contributed by atoms with van der Waals surface area (Å²) in [7, 11) is -9.71. The molecule has 0 aromatic heterocycles. The van der Waals surface area contributed by atoms with E-state index in [1.54, 1.807) is 24.3 Å². The van der Waals surface area contributed by atoms with Crippen LogP contribution in [0.1, 0.15) is 59.7 Å². The third-order valence-electron chi connectivity index (χ3n) is 6.22. The van der Waals surface area contributed by atoms with Gasteiger partial charge in [0.05, 0.1) is 0 Å². The van der Waals surface area contributed by atoms with Crippen LogP contribution in [-0.4, -0.2) is 26.9 Å². The third-order valence-corrected chi connectivity index (χ3v) is 8.18. The monoisotopic (exact) mass is 765 g/mol. The molecule has 46 heavy (non-hydrogen) atoms. The van der Waals surface area contributed by atoms with Crippen LogP contribution in [0.5, 0.6) is 0 Å². The van der Waals surface area contributed by atoms with E-state index in [1.807, 2.05) is 67.6 Å². The smallest absolute Gasteiger partial charge is 0.672 e. The molecule has 0 saturated carbocycles. The molecule has 4 aromatic rings. The van der Waals surface area contributed by atoms with Crippen molar-refractivity contribution in [3.63, 3.8) is 0 Å². The van der Waals surface area contributed by atoms with Gasteiger partial charge in [-0.1, -0.05) is 133 Å². The second kappa shape index (κ2) is 19.0. The minimum atomic E-state index is -5.84. The molecule has 0 bridgehead atoms. The van der Waals surface area contributed by atoms with Gasteiger partial charge in [0, 0.05) is 4.90 Å². The molecule has 1 radical (unpaired) electrons. The van der Waals surface area contributed by atoms with Gasteiger partial charge < -0.3 is 17.9 Å². The number of benzene rings is 4. The number of halogens is 3. The van der Waals surface area contributed by atoms with E-state index in [-0.39, 0.29) is 31.8 Å². The maximum atomic E-state index is 12.8. The number of aryl methyl sites for hydroxylation is 2. The summed E-state index contributed by atoms with van der Waals surface area (Å²) in [6.07, 6.45) is 0. The van der Waals surface area contributed by atoms with E-state index in [4.69, 9.17) is 18.7 Å². The summed E-state index contributed by atoms with van der Waals surface area (Å²) >= 11 is 0. The van der Waals surface area contributed by atoms with Gasteiger partial charge in [0.25, 0.3) is 0 Å². The third kappa shape index (κ3) is 13.8. The molecule has 13 heteroatoms. The van der Waals surface area contributed by atoms with E-state index >= 15 is 0 Å². The molecule has 0 aliphatic heterocycles. The van der Waals surface area contributed by atoms with E-state index in [0.717, 1.165) is 11.1 Å². The number of alkyl halides is 3. The first-order valence-electron chi connectivity index (χ1n) is 13.4. The first kappa shape index (κ1) is 43.1. The number of rotatable bonds is 7. The van der Waals surface area contributed by atoms with E-state index in [1.165, 1.54) is 11.1 Å². The predicted octanol–water partition coefficient (Wildman–Crippen LogP) is 9.55. The summed E-state index contributed by atoms with van der Waals surface area (Å²) in [6.45, 7) is 8.44. The van der Waals surface area contributed by atoms with Gasteiger partial charge in [-0.15, -0.1) is 12.1 Å². The van der Waals surface area contributed by atoms with E-state index in [0.29, 0.717) is 11.5 Å². The van der Waals surface area contributed by atoms with Gasteiger partial charge >= 0.3 is 35.1 Å². The maximum Gasteiger partial charge on any atom is 3.00 e. The van der Waals surface area contributed by atoms with Gasteiger partial charge in [-0.05, 0) is 37.5 Å². The zero-order valence-electron chi connectivity index (χ0n) is 26.0. The number of hydrogen-bond donors (Lipinski definition) is 1. The van der Waals surface area contributed by atoms with Crippen LogP contribution in [0.25, 0.3) is 10.5 Å². The Morgan fingerprint density at radius 3 is 1.41 bits per heavy atom. The minimum Gasteiger partial charge on any atom is -0.672 e. The summed E-state index contributed by atoms with van der Waals surface area (Å²) in [5.41, 5.74) is 8.26. The topological polar surface area (TPSA) is 126 Å². The molecule has 251 valence electrons. The SMILES string of the molecule is Cc1ccc(C(C)C)cc1.Cc1ccc(S(=O)(=O)[N-]C(c2ccccc2)C([NH-])c2ccccc2)cc1.O=S(=O)(O)C(F)(F)F.[CH3-].[Ru+3]. The Balaban J connectivity index is 0.000000838. The molecule has 0 amide bonds. The Morgan fingerprint density at radius 1 is 0.674 bits per heavy atom. The molecule has 2 atom stereocenters. The van der Waals surface area contributed by atoms with E-state index < -0.39 is 37.7 Å². The molecule has 4 rings (SSSR count). The summed E-state index contributed by atoms with van der Waals surface area (Å²) in [5.74, 6) is 0.653. The van der Waals surface area contributed by atoms with Crippen LogP contribution in [-0.2, 0) is 39.6 Å². The largest absolute Gasteiger partial charge is 3.00 e. The number of sulfonamides is 1. The van der Waals surface area contributed by atoms with Crippen molar-refractivity contribution in [1.29, 1.82) is 0 Å². The van der Waals surface area contributed by atoms with Crippen molar-refractivity contribution in [3.8, 4) is 0 Å². The zero-order chi connectivity index (χ0) is 33.1. The molecule has 2 N–H and O–H groups in total. The fourth-order valence-electron chi connectivity index (χ4n) is 3.68. The quantitative estimate of drug-likeness (QED) is 0.0869. The van der Waals surface area contributed by atoms with Crippen molar-refractivity contribution in [1.82, 2.24) is 0 Å². The van der Waals surface area contributed by atoms with Crippen LogP contribution < -0.4 is 0 Å². The Hall–Kier alpha value is -2.93. The maximum absolute atomic E-state index is 12.8. The number of nitrogens with zero attached hydrogens (tertiary/aromatic N) is 1. The molecular weight excluding hydrogens is 727 g/mol.